The summed E-state index contributed by atoms with van der Waals surface area (Å²) in [5, 5.41) is 3.38. The summed E-state index contributed by atoms with van der Waals surface area (Å²) in [4.78, 5) is 5.71. The molecule has 1 N–H and O–H groups in total. The molecule has 0 aliphatic carbocycles. The van der Waals surface area contributed by atoms with Crippen LogP contribution in [0.1, 0.15) is 43.0 Å². The minimum absolute atomic E-state index is 0.576. The van der Waals surface area contributed by atoms with E-state index in [2.05, 4.69) is 43.1 Å². The van der Waals surface area contributed by atoms with Crippen LogP contribution in [0.5, 0.6) is 0 Å². The van der Waals surface area contributed by atoms with E-state index in [-0.39, 0.29) is 0 Å². The molecule has 0 spiro atoms. The second-order valence-electron chi connectivity index (χ2n) is 4.88. The highest BCUT2D eigenvalue weighted by atomic mass is 32.1. The first-order valence-electron chi connectivity index (χ1n) is 6.81. The molecule has 0 aromatic carbocycles. The molecular weight excluding hydrogens is 228 g/mol. The molecule has 1 saturated heterocycles. The van der Waals surface area contributed by atoms with E-state index in [1.165, 1.54) is 22.7 Å². The van der Waals surface area contributed by atoms with Gasteiger partial charge < -0.3 is 5.32 Å². The van der Waals surface area contributed by atoms with Crippen LogP contribution in [0.3, 0.4) is 0 Å². The third-order valence-electron chi connectivity index (χ3n) is 3.65. The van der Waals surface area contributed by atoms with E-state index in [1.807, 2.05) is 11.3 Å². The van der Waals surface area contributed by atoms with Gasteiger partial charge in [-0.25, -0.2) is 0 Å². The summed E-state index contributed by atoms with van der Waals surface area (Å²) in [7, 11) is 0. The predicted octanol–water partition coefficient (Wildman–Crippen LogP) is 3.06. The van der Waals surface area contributed by atoms with Gasteiger partial charge in [-0.3, -0.25) is 4.90 Å². The number of thiophene rings is 1. The third-order valence-corrected chi connectivity index (χ3v) is 5.05. The van der Waals surface area contributed by atoms with Crippen LogP contribution in [0.2, 0.25) is 0 Å². The van der Waals surface area contributed by atoms with Gasteiger partial charge >= 0.3 is 0 Å². The highest BCUT2D eigenvalue weighted by Crippen LogP contribution is 2.30. The third kappa shape index (κ3) is 2.90. The predicted molar refractivity (Wildman–Crippen MR) is 75.8 cm³/mol. The Kier molecular flexibility index (Phi) is 4.60. The highest BCUT2D eigenvalue weighted by molar-refractivity contribution is 7.12. The lowest BCUT2D eigenvalue weighted by Gasteiger charge is -2.41. The number of hydrogen-bond acceptors (Lipinski definition) is 3. The van der Waals surface area contributed by atoms with Gasteiger partial charge in [0.2, 0.25) is 0 Å². The second kappa shape index (κ2) is 5.98. The lowest BCUT2D eigenvalue weighted by Crippen LogP contribution is -2.57. The average molecular weight is 252 g/mol. The van der Waals surface area contributed by atoms with Crippen molar-refractivity contribution in [3.05, 3.63) is 21.9 Å². The van der Waals surface area contributed by atoms with E-state index in [9.17, 15) is 0 Å². The maximum absolute atomic E-state index is 3.38. The Hall–Kier alpha value is -0.380. The fourth-order valence-corrected chi connectivity index (χ4v) is 3.46. The largest absolute Gasteiger partial charge is 0.314 e. The first-order chi connectivity index (χ1) is 8.26. The van der Waals surface area contributed by atoms with Gasteiger partial charge in [-0.1, -0.05) is 13.8 Å². The standard InChI is InChI=1S/C14H24N2S/c1-4-8-16(12-9-15-10-12)11(3)14-7-6-13(5-2)17-14/h6-7,11-12,15H,4-5,8-10H2,1-3H3. The minimum atomic E-state index is 0.576. The van der Waals surface area contributed by atoms with E-state index >= 15 is 0 Å². The Labute approximate surface area is 109 Å². The van der Waals surface area contributed by atoms with Gasteiger partial charge in [-0.15, -0.1) is 11.3 Å². The molecular formula is C14H24N2S. The Morgan fingerprint density at radius 2 is 2.18 bits per heavy atom. The summed E-state index contributed by atoms with van der Waals surface area (Å²) >= 11 is 1.99. The Bertz CT molecular complexity index is 344. The Morgan fingerprint density at radius 3 is 2.65 bits per heavy atom. The van der Waals surface area contributed by atoms with E-state index < -0.39 is 0 Å². The highest BCUT2D eigenvalue weighted by Gasteiger charge is 2.28. The van der Waals surface area contributed by atoms with Crippen molar-refractivity contribution in [3.63, 3.8) is 0 Å². The molecule has 1 aromatic rings. The van der Waals surface area contributed by atoms with Gasteiger partial charge in [0.25, 0.3) is 0 Å². The van der Waals surface area contributed by atoms with Crippen molar-refractivity contribution in [2.24, 2.45) is 0 Å². The second-order valence-corrected chi connectivity index (χ2v) is 6.08. The molecule has 3 heteroatoms. The van der Waals surface area contributed by atoms with E-state index in [0.717, 1.165) is 25.6 Å². The normalized spacial score (nSPS) is 18.4. The molecule has 2 rings (SSSR count). The first-order valence-corrected chi connectivity index (χ1v) is 7.63. The van der Waals surface area contributed by atoms with Gasteiger partial charge in [-0.2, -0.15) is 0 Å². The van der Waals surface area contributed by atoms with Crippen LogP contribution < -0.4 is 5.32 Å². The van der Waals surface area contributed by atoms with E-state index in [1.54, 1.807) is 0 Å². The maximum Gasteiger partial charge on any atom is 0.0417 e. The number of nitrogens with zero attached hydrogens (tertiary/aromatic N) is 1. The lowest BCUT2D eigenvalue weighted by molar-refractivity contribution is 0.104. The number of nitrogens with one attached hydrogen (secondary N) is 1. The van der Waals surface area contributed by atoms with Gasteiger partial charge in [-0.05, 0) is 38.4 Å². The van der Waals surface area contributed by atoms with Crippen LogP contribution >= 0.6 is 11.3 Å². The first kappa shape index (κ1) is 13.1. The average Bonchev–Trinajstić information content (AvgIpc) is 2.73. The van der Waals surface area contributed by atoms with Crippen molar-refractivity contribution in [1.29, 1.82) is 0 Å². The summed E-state index contributed by atoms with van der Waals surface area (Å²) < 4.78 is 0. The topological polar surface area (TPSA) is 15.3 Å². The number of hydrogen-bond donors (Lipinski definition) is 1. The molecule has 1 fully saturated rings. The molecule has 17 heavy (non-hydrogen) atoms. The molecule has 1 aliphatic rings. The SMILES string of the molecule is CCCN(C1CNC1)C(C)c1ccc(CC)s1. The summed E-state index contributed by atoms with van der Waals surface area (Å²) in [5.41, 5.74) is 0. The van der Waals surface area contributed by atoms with Crippen LogP contribution in [-0.4, -0.2) is 30.6 Å². The van der Waals surface area contributed by atoms with Crippen molar-refractivity contribution < 1.29 is 0 Å². The van der Waals surface area contributed by atoms with Crippen molar-refractivity contribution in [1.82, 2.24) is 10.2 Å². The monoisotopic (exact) mass is 252 g/mol. The van der Waals surface area contributed by atoms with E-state index in [4.69, 9.17) is 0 Å². The van der Waals surface area contributed by atoms with Crippen molar-refractivity contribution in [3.8, 4) is 0 Å². The molecule has 96 valence electrons. The van der Waals surface area contributed by atoms with E-state index in [0.29, 0.717) is 6.04 Å². The van der Waals surface area contributed by atoms with Crippen LogP contribution in [0.4, 0.5) is 0 Å². The zero-order valence-corrected chi connectivity index (χ0v) is 12.0. The number of aryl methyl sites for hydroxylation is 1. The van der Waals surface area contributed by atoms with Gasteiger partial charge in [0.15, 0.2) is 0 Å². The molecule has 0 radical (unpaired) electrons. The summed E-state index contributed by atoms with van der Waals surface area (Å²) in [6.45, 7) is 10.4. The molecule has 0 saturated carbocycles. The van der Waals surface area contributed by atoms with Crippen LogP contribution in [-0.2, 0) is 6.42 Å². The smallest absolute Gasteiger partial charge is 0.0417 e. The van der Waals surface area contributed by atoms with Crippen LogP contribution in [0, 0.1) is 0 Å². The fraction of sp³-hybridized carbons (Fsp3) is 0.714. The quantitative estimate of drug-likeness (QED) is 0.837. The molecule has 1 unspecified atom stereocenters. The number of rotatable bonds is 6. The zero-order valence-electron chi connectivity index (χ0n) is 11.2. The Balaban J connectivity index is 2.06. The molecule has 2 heterocycles. The lowest BCUT2D eigenvalue weighted by atomic mass is 10.1. The van der Waals surface area contributed by atoms with Crippen molar-refractivity contribution >= 4 is 11.3 Å². The zero-order chi connectivity index (χ0) is 12.3. The summed E-state index contributed by atoms with van der Waals surface area (Å²) in [6, 6.07) is 5.94. The van der Waals surface area contributed by atoms with Gasteiger partial charge in [0.1, 0.15) is 0 Å². The molecule has 1 atom stereocenters. The minimum Gasteiger partial charge on any atom is -0.314 e. The van der Waals surface area contributed by atoms with Crippen molar-refractivity contribution in [2.75, 3.05) is 19.6 Å². The van der Waals surface area contributed by atoms with Crippen LogP contribution in [0.25, 0.3) is 0 Å². The van der Waals surface area contributed by atoms with Gasteiger partial charge in [0, 0.05) is 34.9 Å². The van der Waals surface area contributed by atoms with Gasteiger partial charge in [0.05, 0.1) is 0 Å². The summed E-state index contributed by atoms with van der Waals surface area (Å²) in [5.74, 6) is 0. The fourth-order valence-electron chi connectivity index (χ4n) is 2.43. The summed E-state index contributed by atoms with van der Waals surface area (Å²) in [6.07, 6.45) is 2.41. The molecule has 1 aromatic heterocycles. The van der Waals surface area contributed by atoms with Crippen molar-refractivity contribution in [2.45, 2.75) is 45.7 Å². The maximum atomic E-state index is 3.38. The molecule has 0 bridgehead atoms. The molecule has 2 nitrogen and oxygen atoms in total. The molecule has 0 amide bonds. The van der Waals surface area contributed by atoms with Crippen LogP contribution in [0.15, 0.2) is 12.1 Å². The Morgan fingerprint density at radius 1 is 1.41 bits per heavy atom. The molecule has 1 aliphatic heterocycles.